The van der Waals surface area contributed by atoms with Gasteiger partial charge in [0.15, 0.2) is 0 Å². The Hall–Kier alpha value is -3.04. The van der Waals surface area contributed by atoms with Crippen LogP contribution in [0, 0.1) is 6.92 Å². The van der Waals surface area contributed by atoms with Crippen molar-refractivity contribution in [2.24, 2.45) is 0 Å². The molecule has 0 amide bonds. The fraction of sp³-hybridized carbons (Fsp3) is 0.0455. The van der Waals surface area contributed by atoms with Crippen LogP contribution >= 0.6 is 11.6 Å². The highest BCUT2D eigenvalue weighted by Gasteiger charge is 2.15. The Balaban J connectivity index is 2.04. The van der Waals surface area contributed by atoms with Gasteiger partial charge in [0.25, 0.3) is 0 Å². The van der Waals surface area contributed by atoms with E-state index in [1.165, 1.54) is 5.56 Å². The highest BCUT2D eigenvalue weighted by atomic mass is 35.5. The molecular formula is C22H16ClNO2. The van der Waals surface area contributed by atoms with Gasteiger partial charge in [0.1, 0.15) is 0 Å². The normalized spacial score (nSPS) is 11.0. The lowest BCUT2D eigenvalue weighted by molar-refractivity contribution is 0.0697. The van der Waals surface area contributed by atoms with Gasteiger partial charge in [-0.05, 0) is 37.3 Å². The number of carboxylic acids is 1. The number of aryl methyl sites for hydroxylation is 1. The van der Waals surface area contributed by atoms with Crippen molar-refractivity contribution in [3.8, 4) is 16.8 Å². The minimum atomic E-state index is -0.942. The average molecular weight is 362 g/mol. The summed E-state index contributed by atoms with van der Waals surface area (Å²) in [5, 5.41) is 11.0. The standard InChI is InChI=1S/C22H16ClNO2/c1-14-6-9-16(10-7-14)24-13-19(17-4-2-3-5-20(17)23)18-11-8-15(22(25)26)12-21(18)24/h2-13H,1H3,(H,25,26). The smallest absolute Gasteiger partial charge is 0.335 e. The topological polar surface area (TPSA) is 42.2 Å². The molecule has 128 valence electrons. The number of rotatable bonds is 3. The number of carboxylic acid groups (broad SMARTS) is 1. The van der Waals surface area contributed by atoms with Crippen LogP contribution in [0.5, 0.6) is 0 Å². The number of aromatic carboxylic acids is 1. The fourth-order valence-electron chi connectivity index (χ4n) is 3.17. The second kappa shape index (κ2) is 6.36. The number of carbonyl (C=O) groups is 1. The van der Waals surface area contributed by atoms with Crippen LogP contribution in [0.2, 0.25) is 5.02 Å². The number of hydrogen-bond acceptors (Lipinski definition) is 1. The van der Waals surface area contributed by atoms with E-state index in [-0.39, 0.29) is 5.56 Å². The molecule has 4 heteroatoms. The molecule has 26 heavy (non-hydrogen) atoms. The Morgan fingerprint density at radius 2 is 1.69 bits per heavy atom. The quantitative estimate of drug-likeness (QED) is 0.489. The number of halogens is 1. The van der Waals surface area contributed by atoms with Gasteiger partial charge < -0.3 is 9.67 Å². The number of nitrogens with zero attached hydrogens (tertiary/aromatic N) is 1. The van der Waals surface area contributed by atoms with Crippen LogP contribution in [0.3, 0.4) is 0 Å². The Kier molecular flexibility index (Phi) is 4.02. The van der Waals surface area contributed by atoms with Crippen molar-refractivity contribution in [2.75, 3.05) is 0 Å². The van der Waals surface area contributed by atoms with Gasteiger partial charge in [-0.15, -0.1) is 0 Å². The molecule has 0 bridgehead atoms. The minimum Gasteiger partial charge on any atom is -0.478 e. The van der Waals surface area contributed by atoms with Gasteiger partial charge in [0, 0.05) is 33.4 Å². The first-order valence-electron chi connectivity index (χ1n) is 8.25. The van der Waals surface area contributed by atoms with Crippen LogP contribution in [0.1, 0.15) is 15.9 Å². The zero-order chi connectivity index (χ0) is 18.3. The van der Waals surface area contributed by atoms with Crippen LogP contribution in [0.25, 0.3) is 27.7 Å². The first kappa shape index (κ1) is 16.4. The van der Waals surface area contributed by atoms with Crippen molar-refractivity contribution in [3.63, 3.8) is 0 Å². The summed E-state index contributed by atoms with van der Waals surface area (Å²) in [6, 6.07) is 21.0. The summed E-state index contributed by atoms with van der Waals surface area (Å²) in [4.78, 5) is 11.4. The number of aromatic nitrogens is 1. The van der Waals surface area contributed by atoms with E-state index in [9.17, 15) is 9.90 Å². The minimum absolute atomic E-state index is 0.259. The monoisotopic (exact) mass is 361 g/mol. The Morgan fingerprint density at radius 1 is 0.962 bits per heavy atom. The van der Waals surface area contributed by atoms with Crippen LogP contribution in [-0.2, 0) is 0 Å². The van der Waals surface area contributed by atoms with E-state index in [0.717, 1.165) is 27.7 Å². The molecule has 0 fully saturated rings. The fourth-order valence-corrected chi connectivity index (χ4v) is 3.41. The SMILES string of the molecule is Cc1ccc(-n2cc(-c3ccccc3Cl)c3ccc(C(=O)O)cc32)cc1. The Bertz CT molecular complexity index is 1130. The molecule has 3 nitrogen and oxygen atoms in total. The molecule has 0 saturated carbocycles. The van der Waals surface area contributed by atoms with Gasteiger partial charge in [-0.1, -0.05) is 53.6 Å². The summed E-state index contributed by atoms with van der Waals surface area (Å²) in [6.45, 7) is 2.04. The maximum atomic E-state index is 11.4. The first-order valence-corrected chi connectivity index (χ1v) is 8.63. The van der Waals surface area contributed by atoms with Gasteiger partial charge in [0.05, 0.1) is 11.1 Å². The highest BCUT2D eigenvalue weighted by Crippen LogP contribution is 2.36. The van der Waals surface area contributed by atoms with Crippen molar-refractivity contribution in [1.82, 2.24) is 4.57 Å². The second-order valence-electron chi connectivity index (χ2n) is 6.27. The molecule has 1 heterocycles. The largest absolute Gasteiger partial charge is 0.478 e. The maximum absolute atomic E-state index is 11.4. The molecule has 3 aromatic carbocycles. The second-order valence-corrected chi connectivity index (χ2v) is 6.67. The zero-order valence-electron chi connectivity index (χ0n) is 14.1. The lowest BCUT2D eigenvalue weighted by atomic mass is 10.0. The molecule has 0 unspecified atom stereocenters. The molecule has 0 radical (unpaired) electrons. The molecule has 0 saturated heterocycles. The highest BCUT2D eigenvalue weighted by molar-refractivity contribution is 6.33. The van der Waals surface area contributed by atoms with E-state index in [1.807, 2.05) is 72.3 Å². The number of benzene rings is 3. The van der Waals surface area contributed by atoms with Crippen molar-refractivity contribution >= 4 is 28.5 Å². The molecule has 0 atom stereocenters. The summed E-state index contributed by atoms with van der Waals surface area (Å²) in [5.74, 6) is -0.942. The molecule has 0 aliphatic heterocycles. The van der Waals surface area contributed by atoms with Gasteiger partial charge in [-0.25, -0.2) is 4.79 Å². The molecule has 0 aliphatic carbocycles. The molecule has 4 rings (SSSR count). The van der Waals surface area contributed by atoms with Crippen LogP contribution in [0.15, 0.2) is 72.9 Å². The van der Waals surface area contributed by atoms with Crippen molar-refractivity contribution in [3.05, 3.63) is 89.1 Å². The van der Waals surface area contributed by atoms with Gasteiger partial charge in [-0.2, -0.15) is 0 Å². The average Bonchev–Trinajstić information content (AvgIpc) is 3.01. The lowest BCUT2D eigenvalue weighted by Crippen LogP contribution is -1.97. The number of fused-ring (bicyclic) bond motifs is 1. The maximum Gasteiger partial charge on any atom is 0.335 e. The van der Waals surface area contributed by atoms with Gasteiger partial charge in [0.2, 0.25) is 0 Å². The van der Waals surface area contributed by atoms with Crippen LogP contribution in [0.4, 0.5) is 0 Å². The van der Waals surface area contributed by atoms with Crippen LogP contribution in [-0.4, -0.2) is 15.6 Å². The van der Waals surface area contributed by atoms with Crippen LogP contribution < -0.4 is 0 Å². The summed E-state index contributed by atoms with van der Waals surface area (Å²) in [5.41, 5.74) is 5.14. The molecular weight excluding hydrogens is 346 g/mol. The van der Waals surface area contributed by atoms with E-state index in [0.29, 0.717) is 5.02 Å². The van der Waals surface area contributed by atoms with Crippen molar-refractivity contribution in [1.29, 1.82) is 0 Å². The third-order valence-electron chi connectivity index (χ3n) is 4.53. The van der Waals surface area contributed by atoms with E-state index >= 15 is 0 Å². The molecule has 0 spiro atoms. The number of hydrogen-bond donors (Lipinski definition) is 1. The summed E-state index contributed by atoms with van der Waals surface area (Å²) in [7, 11) is 0. The predicted octanol–water partition coefficient (Wildman–Crippen LogP) is 5.96. The summed E-state index contributed by atoms with van der Waals surface area (Å²) in [6.07, 6.45) is 2.02. The Labute approximate surface area is 156 Å². The zero-order valence-corrected chi connectivity index (χ0v) is 14.9. The van der Waals surface area contributed by atoms with Gasteiger partial charge in [-0.3, -0.25) is 0 Å². The summed E-state index contributed by atoms with van der Waals surface area (Å²) >= 11 is 6.41. The molecule has 1 aromatic heterocycles. The first-order chi connectivity index (χ1) is 12.5. The molecule has 4 aromatic rings. The summed E-state index contributed by atoms with van der Waals surface area (Å²) < 4.78 is 2.01. The molecule has 1 N–H and O–H groups in total. The van der Waals surface area contributed by atoms with Crippen molar-refractivity contribution < 1.29 is 9.90 Å². The predicted molar refractivity (Wildman–Crippen MR) is 105 cm³/mol. The third kappa shape index (κ3) is 2.76. The van der Waals surface area contributed by atoms with E-state index in [2.05, 4.69) is 0 Å². The van der Waals surface area contributed by atoms with E-state index < -0.39 is 5.97 Å². The van der Waals surface area contributed by atoms with Gasteiger partial charge >= 0.3 is 5.97 Å². The van der Waals surface area contributed by atoms with E-state index in [1.54, 1.807) is 12.1 Å². The lowest BCUT2D eigenvalue weighted by Gasteiger charge is -2.06. The van der Waals surface area contributed by atoms with E-state index in [4.69, 9.17) is 11.6 Å². The van der Waals surface area contributed by atoms with Crippen molar-refractivity contribution in [2.45, 2.75) is 6.92 Å². The Morgan fingerprint density at radius 3 is 2.38 bits per heavy atom. The third-order valence-corrected chi connectivity index (χ3v) is 4.86. The molecule has 0 aliphatic rings.